The van der Waals surface area contributed by atoms with Crippen molar-refractivity contribution < 1.29 is 14.6 Å². The summed E-state index contributed by atoms with van der Waals surface area (Å²) >= 11 is 0. The summed E-state index contributed by atoms with van der Waals surface area (Å²) in [6, 6.07) is 13.8. The van der Waals surface area contributed by atoms with Crippen molar-refractivity contribution in [1.29, 1.82) is 5.26 Å². The van der Waals surface area contributed by atoms with Crippen LogP contribution in [-0.4, -0.2) is 21.3 Å². The van der Waals surface area contributed by atoms with Gasteiger partial charge < -0.3 is 19.6 Å². The third kappa shape index (κ3) is 3.65. The van der Waals surface area contributed by atoms with Crippen LogP contribution in [0, 0.1) is 11.3 Å². The molecule has 0 atom stereocenters. The van der Waals surface area contributed by atoms with Crippen LogP contribution in [0.2, 0.25) is 0 Å². The van der Waals surface area contributed by atoms with Crippen molar-refractivity contribution in [2.75, 3.05) is 6.61 Å². The molecule has 0 aliphatic rings. The van der Waals surface area contributed by atoms with Crippen molar-refractivity contribution in [2.24, 2.45) is 0 Å². The van der Waals surface area contributed by atoms with Crippen LogP contribution in [0.4, 0.5) is 0 Å². The molecule has 1 heterocycles. The largest absolute Gasteiger partial charge is 0.493 e. The molecule has 0 aliphatic heterocycles. The quantitative estimate of drug-likeness (QED) is 0.696. The van der Waals surface area contributed by atoms with Gasteiger partial charge in [-0.25, -0.2) is 9.36 Å². The van der Waals surface area contributed by atoms with E-state index in [0.717, 1.165) is 0 Å². The summed E-state index contributed by atoms with van der Waals surface area (Å²) in [5, 5.41) is 19.3. The molecule has 0 saturated carbocycles. The number of nitrogens with one attached hydrogen (secondary N) is 1. The van der Waals surface area contributed by atoms with E-state index < -0.39 is 5.69 Å². The SMILES string of the molecule is CCOc1cc(Oc2ccc(-n3c(O)c(CC)[nH]c3=O)cc2)ccc1C#N. The van der Waals surface area contributed by atoms with E-state index >= 15 is 0 Å². The van der Waals surface area contributed by atoms with E-state index in [-0.39, 0.29) is 5.88 Å². The minimum atomic E-state index is -0.397. The van der Waals surface area contributed by atoms with Gasteiger partial charge in [-0.05, 0) is 49.7 Å². The van der Waals surface area contributed by atoms with Crippen LogP contribution in [0.25, 0.3) is 5.69 Å². The summed E-state index contributed by atoms with van der Waals surface area (Å²) in [4.78, 5) is 14.7. The Kier molecular flexibility index (Phi) is 5.18. The Balaban J connectivity index is 1.85. The molecule has 0 amide bonds. The van der Waals surface area contributed by atoms with Gasteiger partial charge in [-0.3, -0.25) is 0 Å². The summed E-state index contributed by atoms with van der Waals surface area (Å²) in [7, 11) is 0. The van der Waals surface area contributed by atoms with Gasteiger partial charge in [-0.2, -0.15) is 5.26 Å². The molecule has 3 aromatic rings. The lowest BCUT2D eigenvalue weighted by molar-refractivity contribution is 0.337. The second-order valence-electron chi connectivity index (χ2n) is 5.72. The fourth-order valence-electron chi connectivity index (χ4n) is 2.69. The molecule has 0 aliphatic carbocycles. The molecule has 1 aromatic heterocycles. The summed E-state index contributed by atoms with van der Waals surface area (Å²) < 4.78 is 12.5. The van der Waals surface area contributed by atoms with Gasteiger partial charge in [0.2, 0.25) is 5.88 Å². The Morgan fingerprint density at radius 2 is 1.85 bits per heavy atom. The summed E-state index contributed by atoms with van der Waals surface area (Å²) in [5.74, 6) is 1.44. The molecule has 2 aromatic carbocycles. The zero-order chi connectivity index (χ0) is 19.4. The molecule has 0 bridgehead atoms. The lowest BCUT2D eigenvalue weighted by Crippen LogP contribution is -2.14. The Hall–Kier alpha value is -3.66. The van der Waals surface area contributed by atoms with Crippen LogP contribution >= 0.6 is 0 Å². The first kappa shape index (κ1) is 18.1. The van der Waals surface area contributed by atoms with Crippen LogP contribution in [0.5, 0.6) is 23.1 Å². The molecular weight excluding hydrogens is 346 g/mol. The van der Waals surface area contributed by atoms with Gasteiger partial charge in [0.05, 0.1) is 23.6 Å². The molecule has 0 fully saturated rings. The second-order valence-corrected chi connectivity index (χ2v) is 5.72. The Labute approximate surface area is 156 Å². The summed E-state index contributed by atoms with van der Waals surface area (Å²) in [5.41, 5.74) is 1.05. The first-order valence-corrected chi connectivity index (χ1v) is 8.55. The number of aromatic hydroxyl groups is 1. The highest BCUT2D eigenvalue weighted by Gasteiger charge is 2.13. The fraction of sp³-hybridized carbons (Fsp3) is 0.200. The van der Waals surface area contributed by atoms with Crippen molar-refractivity contribution in [1.82, 2.24) is 9.55 Å². The maximum Gasteiger partial charge on any atom is 0.333 e. The molecule has 7 nitrogen and oxygen atoms in total. The first-order valence-electron chi connectivity index (χ1n) is 8.55. The number of ether oxygens (including phenoxy) is 2. The minimum Gasteiger partial charge on any atom is -0.493 e. The van der Waals surface area contributed by atoms with Gasteiger partial charge in [-0.15, -0.1) is 0 Å². The molecule has 0 spiro atoms. The van der Waals surface area contributed by atoms with Gasteiger partial charge >= 0.3 is 5.69 Å². The molecule has 27 heavy (non-hydrogen) atoms. The predicted molar refractivity (Wildman–Crippen MR) is 99.8 cm³/mol. The van der Waals surface area contributed by atoms with Gasteiger partial charge in [0.15, 0.2) is 0 Å². The Morgan fingerprint density at radius 1 is 1.15 bits per heavy atom. The maximum absolute atomic E-state index is 12.0. The van der Waals surface area contributed by atoms with E-state index in [9.17, 15) is 9.90 Å². The van der Waals surface area contributed by atoms with Crippen LogP contribution in [0.1, 0.15) is 25.1 Å². The third-order valence-corrected chi connectivity index (χ3v) is 4.00. The normalized spacial score (nSPS) is 10.4. The number of nitrogens with zero attached hydrogens (tertiary/aromatic N) is 2. The molecule has 138 valence electrons. The number of aryl methyl sites for hydroxylation is 1. The number of aromatic amines is 1. The summed E-state index contributed by atoms with van der Waals surface area (Å²) in [6.07, 6.45) is 0.524. The van der Waals surface area contributed by atoms with Gasteiger partial charge in [-0.1, -0.05) is 6.92 Å². The number of hydrogen-bond donors (Lipinski definition) is 2. The highest BCUT2D eigenvalue weighted by Crippen LogP contribution is 2.29. The minimum absolute atomic E-state index is 0.0929. The van der Waals surface area contributed by atoms with E-state index in [1.807, 2.05) is 13.8 Å². The van der Waals surface area contributed by atoms with E-state index in [1.165, 1.54) is 4.57 Å². The lowest BCUT2D eigenvalue weighted by Gasteiger charge is -2.10. The number of hydrogen-bond acceptors (Lipinski definition) is 5. The molecule has 2 N–H and O–H groups in total. The van der Waals surface area contributed by atoms with Crippen molar-refractivity contribution >= 4 is 0 Å². The van der Waals surface area contributed by atoms with Gasteiger partial charge in [0.1, 0.15) is 23.3 Å². The van der Waals surface area contributed by atoms with Crippen LogP contribution in [0.15, 0.2) is 47.3 Å². The second kappa shape index (κ2) is 7.70. The molecule has 0 saturated heterocycles. The van der Waals surface area contributed by atoms with E-state index in [4.69, 9.17) is 14.7 Å². The molecule has 0 unspecified atom stereocenters. The number of H-pyrrole nitrogens is 1. The number of nitriles is 1. The number of aromatic nitrogens is 2. The Bertz CT molecular complexity index is 1040. The highest BCUT2D eigenvalue weighted by atomic mass is 16.5. The van der Waals surface area contributed by atoms with E-state index in [2.05, 4.69) is 11.1 Å². The van der Waals surface area contributed by atoms with E-state index in [0.29, 0.717) is 47.2 Å². The topological polar surface area (TPSA) is 100 Å². The zero-order valence-corrected chi connectivity index (χ0v) is 15.0. The van der Waals surface area contributed by atoms with Gasteiger partial charge in [0.25, 0.3) is 0 Å². The average molecular weight is 365 g/mol. The summed E-state index contributed by atoms with van der Waals surface area (Å²) in [6.45, 7) is 4.14. The number of imidazole rings is 1. The number of rotatable bonds is 6. The van der Waals surface area contributed by atoms with Crippen molar-refractivity contribution in [3.05, 3.63) is 64.2 Å². The standard InChI is InChI=1S/C20H19N3O4/c1-3-17-19(24)23(20(25)22-17)14-6-9-15(10-7-14)27-16-8-5-13(12-21)18(11-16)26-4-2/h5-11,24H,3-4H2,1-2H3,(H,22,25). The molecular formula is C20H19N3O4. The molecule has 0 radical (unpaired) electrons. The third-order valence-electron chi connectivity index (χ3n) is 4.00. The van der Waals surface area contributed by atoms with Crippen molar-refractivity contribution in [3.63, 3.8) is 0 Å². The van der Waals surface area contributed by atoms with Crippen molar-refractivity contribution in [3.8, 4) is 34.9 Å². The lowest BCUT2D eigenvalue weighted by atomic mass is 10.2. The fourth-order valence-corrected chi connectivity index (χ4v) is 2.69. The van der Waals surface area contributed by atoms with E-state index in [1.54, 1.807) is 42.5 Å². The molecule has 7 heteroatoms. The monoisotopic (exact) mass is 365 g/mol. The maximum atomic E-state index is 12.0. The van der Waals surface area contributed by atoms with Crippen LogP contribution < -0.4 is 15.2 Å². The number of benzene rings is 2. The average Bonchev–Trinajstić information content (AvgIpc) is 2.96. The van der Waals surface area contributed by atoms with Crippen LogP contribution in [-0.2, 0) is 6.42 Å². The highest BCUT2D eigenvalue weighted by molar-refractivity contribution is 5.49. The molecule has 3 rings (SSSR count). The Morgan fingerprint density at radius 3 is 2.44 bits per heavy atom. The van der Waals surface area contributed by atoms with Crippen LogP contribution in [0.3, 0.4) is 0 Å². The smallest absolute Gasteiger partial charge is 0.333 e. The zero-order valence-electron chi connectivity index (χ0n) is 15.0. The van der Waals surface area contributed by atoms with Gasteiger partial charge in [0, 0.05) is 6.07 Å². The first-order chi connectivity index (χ1) is 13.1. The predicted octanol–water partition coefficient (Wildman–Crippen LogP) is 3.50. The van der Waals surface area contributed by atoms with Crippen molar-refractivity contribution in [2.45, 2.75) is 20.3 Å².